The van der Waals surface area contributed by atoms with Crippen molar-refractivity contribution in [2.75, 3.05) is 13.6 Å². The zero-order valence-electron chi connectivity index (χ0n) is 9.54. The molecule has 0 aliphatic rings. The highest BCUT2D eigenvalue weighted by Crippen LogP contribution is 1.98. The van der Waals surface area contributed by atoms with E-state index in [1.54, 1.807) is 23.0 Å². The van der Waals surface area contributed by atoms with Crippen molar-refractivity contribution in [1.29, 1.82) is 0 Å². The smallest absolute Gasteiger partial charge is 0.224 e. The number of amides is 1. The molecule has 0 aliphatic carbocycles. The second-order valence-electron chi connectivity index (χ2n) is 3.50. The molecule has 1 amide bonds. The van der Waals surface area contributed by atoms with Gasteiger partial charge in [0.1, 0.15) is 12.7 Å². The number of aromatic nitrogens is 3. The van der Waals surface area contributed by atoms with Crippen LogP contribution in [0.4, 0.5) is 0 Å². The lowest BCUT2D eigenvalue weighted by atomic mass is 10.2. The standard InChI is InChI=1S/C9H17N5O.ClH/c1-8(5-10)13(2)9(15)3-4-14-7-11-6-12-14;/h6-8H,3-5,10H2,1-2H3;1H. The fraction of sp³-hybridized carbons (Fsp3) is 0.667. The SMILES string of the molecule is CC(CN)N(C)C(=O)CCn1cncn1.Cl. The van der Waals surface area contributed by atoms with E-state index in [0.29, 0.717) is 19.5 Å². The van der Waals surface area contributed by atoms with Gasteiger partial charge in [0.15, 0.2) is 0 Å². The molecule has 0 fully saturated rings. The molecule has 1 aromatic heterocycles. The molecule has 0 saturated carbocycles. The van der Waals surface area contributed by atoms with Gasteiger partial charge >= 0.3 is 0 Å². The third kappa shape index (κ3) is 4.16. The van der Waals surface area contributed by atoms with Crippen molar-refractivity contribution in [1.82, 2.24) is 19.7 Å². The summed E-state index contributed by atoms with van der Waals surface area (Å²) in [5, 5.41) is 3.92. The first-order chi connectivity index (χ1) is 7.15. The first-order valence-electron chi connectivity index (χ1n) is 4.93. The highest BCUT2D eigenvalue weighted by molar-refractivity contribution is 5.85. The highest BCUT2D eigenvalue weighted by Gasteiger charge is 2.13. The number of carbonyl (C=O) groups excluding carboxylic acids is 1. The van der Waals surface area contributed by atoms with Gasteiger partial charge in [0.2, 0.25) is 5.91 Å². The molecule has 2 N–H and O–H groups in total. The normalized spacial score (nSPS) is 11.7. The summed E-state index contributed by atoms with van der Waals surface area (Å²) < 4.78 is 1.64. The number of carbonyl (C=O) groups is 1. The van der Waals surface area contributed by atoms with E-state index in [2.05, 4.69) is 10.1 Å². The van der Waals surface area contributed by atoms with Crippen LogP contribution in [0.3, 0.4) is 0 Å². The Hall–Kier alpha value is -1.14. The number of hydrogen-bond acceptors (Lipinski definition) is 4. The minimum atomic E-state index is 0. The van der Waals surface area contributed by atoms with E-state index in [4.69, 9.17) is 5.73 Å². The average Bonchev–Trinajstić information content (AvgIpc) is 2.76. The van der Waals surface area contributed by atoms with E-state index in [1.165, 1.54) is 6.33 Å². The van der Waals surface area contributed by atoms with Crippen LogP contribution in [0.5, 0.6) is 0 Å². The summed E-state index contributed by atoms with van der Waals surface area (Å²) in [6, 6.07) is 0.0771. The Morgan fingerprint density at radius 2 is 2.31 bits per heavy atom. The van der Waals surface area contributed by atoms with Gasteiger partial charge in [-0.25, -0.2) is 4.98 Å². The second-order valence-corrected chi connectivity index (χ2v) is 3.50. The zero-order chi connectivity index (χ0) is 11.3. The number of rotatable bonds is 5. The molecule has 1 unspecified atom stereocenters. The van der Waals surface area contributed by atoms with Crippen molar-refractivity contribution in [3.05, 3.63) is 12.7 Å². The molecule has 0 bridgehead atoms. The summed E-state index contributed by atoms with van der Waals surface area (Å²) in [6.45, 7) is 2.96. The number of aryl methyl sites for hydroxylation is 1. The number of nitrogens with two attached hydrogens (primary N) is 1. The van der Waals surface area contributed by atoms with Crippen molar-refractivity contribution >= 4 is 18.3 Å². The lowest BCUT2D eigenvalue weighted by Crippen LogP contribution is -2.40. The second kappa shape index (κ2) is 7.19. The van der Waals surface area contributed by atoms with Crippen LogP contribution in [-0.2, 0) is 11.3 Å². The number of likely N-dealkylation sites (N-methyl/N-ethyl adjacent to an activating group) is 1. The third-order valence-electron chi connectivity index (χ3n) is 2.42. The predicted octanol–water partition coefficient (Wildman–Crippen LogP) is -0.104. The minimum Gasteiger partial charge on any atom is -0.342 e. The molecule has 7 heteroatoms. The van der Waals surface area contributed by atoms with E-state index < -0.39 is 0 Å². The number of halogens is 1. The van der Waals surface area contributed by atoms with Crippen molar-refractivity contribution in [2.24, 2.45) is 5.73 Å². The third-order valence-corrected chi connectivity index (χ3v) is 2.42. The lowest BCUT2D eigenvalue weighted by molar-refractivity contribution is -0.131. The molecular formula is C9H18ClN5O. The van der Waals surface area contributed by atoms with Crippen LogP contribution in [0, 0.1) is 0 Å². The van der Waals surface area contributed by atoms with E-state index in [-0.39, 0.29) is 24.4 Å². The topological polar surface area (TPSA) is 77.0 Å². The molecule has 0 spiro atoms. The van der Waals surface area contributed by atoms with Crippen molar-refractivity contribution in [3.8, 4) is 0 Å². The Morgan fingerprint density at radius 1 is 1.62 bits per heavy atom. The van der Waals surface area contributed by atoms with Crippen molar-refractivity contribution in [3.63, 3.8) is 0 Å². The average molecular weight is 248 g/mol. The van der Waals surface area contributed by atoms with Gasteiger partial charge in [-0.2, -0.15) is 5.10 Å². The molecule has 0 saturated heterocycles. The van der Waals surface area contributed by atoms with Gasteiger partial charge in [0, 0.05) is 26.1 Å². The lowest BCUT2D eigenvalue weighted by Gasteiger charge is -2.23. The molecule has 0 aromatic carbocycles. The van der Waals surface area contributed by atoms with Gasteiger partial charge in [-0.1, -0.05) is 0 Å². The Balaban J connectivity index is 0.00000225. The fourth-order valence-corrected chi connectivity index (χ4v) is 1.14. The van der Waals surface area contributed by atoms with Gasteiger partial charge in [-0.3, -0.25) is 9.48 Å². The molecule has 0 radical (unpaired) electrons. The Morgan fingerprint density at radius 3 is 2.81 bits per heavy atom. The monoisotopic (exact) mass is 247 g/mol. The first kappa shape index (κ1) is 14.9. The largest absolute Gasteiger partial charge is 0.342 e. The van der Waals surface area contributed by atoms with E-state index in [9.17, 15) is 4.79 Å². The van der Waals surface area contributed by atoms with Crippen LogP contribution in [0.1, 0.15) is 13.3 Å². The van der Waals surface area contributed by atoms with Crippen molar-refractivity contribution < 1.29 is 4.79 Å². The Bertz CT molecular complexity index is 303. The first-order valence-corrected chi connectivity index (χ1v) is 4.93. The molecule has 1 atom stereocenters. The van der Waals surface area contributed by atoms with Crippen molar-refractivity contribution in [2.45, 2.75) is 25.9 Å². The summed E-state index contributed by atoms with van der Waals surface area (Å²) in [6.07, 6.45) is 3.47. The summed E-state index contributed by atoms with van der Waals surface area (Å²) in [5.41, 5.74) is 5.48. The quantitative estimate of drug-likeness (QED) is 0.788. The maximum atomic E-state index is 11.6. The minimum absolute atomic E-state index is 0. The summed E-state index contributed by atoms with van der Waals surface area (Å²) >= 11 is 0. The molecule has 0 aliphatic heterocycles. The highest BCUT2D eigenvalue weighted by atomic mass is 35.5. The van der Waals surface area contributed by atoms with Crippen LogP contribution in [0.15, 0.2) is 12.7 Å². The van der Waals surface area contributed by atoms with Gasteiger partial charge in [0.05, 0.1) is 6.54 Å². The van der Waals surface area contributed by atoms with E-state index in [0.717, 1.165) is 0 Å². The zero-order valence-corrected chi connectivity index (χ0v) is 10.4. The van der Waals surface area contributed by atoms with Crippen LogP contribution >= 0.6 is 12.4 Å². The molecule has 1 aromatic rings. The molecule has 6 nitrogen and oxygen atoms in total. The van der Waals surface area contributed by atoms with Gasteiger partial charge in [-0.15, -0.1) is 12.4 Å². The van der Waals surface area contributed by atoms with Crippen LogP contribution in [-0.4, -0.2) is 45.2 Å². The molecule has 92 valence electrons. The maximum Gasteiger partial charge on any atom is 0.224 e. The van der Waals surface area contributed by atoms with Crippen LogP contribution < -0.4 is 5.73 Å². The predicted molar refractivity (Wildman–Crippen MR) is 63.2 cm³/mol. The number of nitrogens with zero attached hydrogens (tertiary/aromatic N) is 4. The summed E-state index contributed by atoms with van der Waals surface area (Å²) in [5.74, 6) is 0.0726. The molecule has 1 heterocycles. The van der Waals surface area contributed by atoms with Gasteiger partial charge < -0.3 is 10.6 Å². The van der Waals surface area contributed by atoms with E-state index >= 15 is 0 Å². The molecular weight excluding hydrogens is 230 g/mol. The van der Waals surface area contributed by atoms with Gasteiger partial charge in [0.25, 0.3) is 0 Å². The fourth-order valence-electron chi connectivity index (χ4n) is 1.14. The maximum absolute atomic E-state index is 11.6. The number of hydrogen-bond donors (Lipinski definition) is 1. The van der Waals surface area contributed by atoms with E-state index in [1.807, 2.05) is 6.92 Å². The summed E-state index contributed by atoms with van der Waals surface area (Å²) in [4.78, 5) is 17.1. The van der Waals surface area contributed by atoms with Crippen LogP contribution in [0.25, 0.3) is 0 Å². The van der Waals surface area contributed by atoms with Gasteiger partial charge in [-0.05, 0) is 6.92 Å². The Kier molecular flexibility index (Phi) is 6.67. The van der Waals surface area contributed by atoms with Crippen LogP contribution in [0.2, 0.25) is 0 Å². The Labute approximate surface area is 101 Å². The summed E-state index contributed by atoms with van der Waals surface area (Å²) in [7, 11) is 1.77. The molecule has 16 heavy (non-hydrogen) atoms. The molecule has 1 rings (SSSR count).